The largest absolute Gasteiger partial charge is 0.506 e. The van der Waals surface area contributed by atoms with Gasteiger partial charge in [0, 0.05) is 17.3 Å². The van der Waals surface area contributed by atoms with Gasteiger partial charge in [-0.15, -0.1) is 0 Å². The lowest BCUT2D eigenvalue weighted by atomic mass is 10.2. The lowest BCUT2D eigenvalue weighted by molar-refractivity contribution is 0.0593. The van der Waals surface area contributed by atoms with Gasteiger partial charge in [0.1, 0.15) is 11.8 Å². The highest BCUT2D eigenvalue weighted by Gasteiger charge is 2.21. The number of carbonyl (C=O) groups is 1. The SMILES string of the molecule is COC(=O)c1c(N)c(C#N)cn1-c1ccc2cc(O)cnc2c1. The van der Waals surface area contributed by atoms with Crippen molar-refractivity contribution in [2.75, 3.05) is 12.8 Å². The summed E-state index contributed by atoms with van der Waals surface area (Å²) in [6.07, 6.45) is 2.81. The van der Waals surface area contributed by atoms with E-state index in [0.29, 0.717) is 11.2 Å². The van der Waals surface area contributed by atoms with E-state index >= 15 is 0 Å². The average Bonchev–Trinajstić information content (AvgIpc) is 2.90. The molecule has 3 N–H and O–H groups in total. The molecule has 0 bridgehead atoms. The maximum atomic E-state index is 12.0. The fourth-order valence-electron chi connectivity index (χ4n) is 2.37. The third kappa shape index (κ3) is 2.32. The van der Waals surface area contributed by atoms with E-state index in [-0.39, 0.29) is 22.7 Å². The third-order valence-electron chi connectivity index (χ3n) is 3.48. The van der Waals surface area contributed by atoms with Gasteiger partial charge < -0.3 is 20.1 Å². The summed E-state index contributed by atoms with van der Waals surface area (Å²) >= 11 is 0. The minimum Gasteiger partial charge on any atom is -0.506 e. The molecule has 0 amide bonds. The van der Waals surface area contributed by atoms with E-state index in [2.05, 4.69) is 4.98 Å². The number of aromatic nitrogens is 2. The van der Waals surface area contributed by atoms with Crippen LogP contribution in [0.2, 0.25) is 0 Å². The summed E-state index contributed by atoms with van der Waals surface area (Å²) < 4.78 is 6.24. The van der Waals surface area contributed by atoms with Crippen LogP contribution in [0.4, 0.5) is 5.69 Å². The van der Waals surface area contributed by atoms with Crippen molar-refractivity contribution in [2.24, 2.45) is 0 Å². The lowest BCUT2D eigenvalue weighted by Gasteiger charge is -2.09. The first-order chi connectivity index (χ1) is 11.0. The zero-order chi connectivity index (χ0) is 16.6. The topological polar surface area (TPSA) is 114 Å². The lowest BCUT2D eigenvalue weighted by Crippen LogP contribution is -2.11. The standard InChI is InChI=1S/C16H12N4O3/c1-23-16(22)15-14(18)10(6-17)8-20(15)11-3-2-9-4-12(21)7-19-13(9)5-11/h2-5,7-8,21H,18H2,1H3. The second-order valence-corrected chi connectivity index (χ2v) is 4.85. The number of nitrogens with two attached hydrogens (primary N) is 1. The number of hydrogen-bond donors (Lipinski definition) is 2. The van der Waals surface area contributed by atoms with E-state index in [1.54, 1.807) is 24.3 Å². The van der Waals surface area contributed by atoms with E-state index < -0.39 is 5.97 Å². The van der Waals surface area contributed by atoms with Crippen molar-refractivity contribution in [3.63, 3.8) is 0 Å². The Balaban J connectivity index is 2.24. The number of rotatable bonds is 2. The van der Waals surface area contributed by atoms with Crippen molar-refractivity contribution in [1.82, 2.24) is 9.55 Å². The molecule has 114 valence electrons. The van der Waals surface area contributed by atoms with Crippen LogP contribution < -0.4 is 5.73 Å². The quantitative estimate of drug-likeness (QED) is 0.699. The van der Waals surface area contributed by atoms with E-state index in [4.69, 9.17) is 15.7 Å². The van der Waals surface area contributed by atoms with Gasteiger partial charge in [-0.25, -0.2) is 4.79 Å². The van der Waals surface area contributed by atoms with Crippen molar-refractivity contribution in [2.45, 2.75) is 0 Å². The number of anilines is 1. The predicted molar refractivity (Wildman–Crippen MR) is 83.2 cm³/mol. The molecule has 2 heterocycles. The monoisotopic (exact) mass is 308 g/mol. The van der Waals surface area contributed by atoms with Crippen molar-refractivity contribution >= 4 is 22.6 Å². The smallest absolute Gasteiger partial charge is 0.357 e. The summed E-state index contributed by atoms with van der Waals surface area (Å²) in [5, 5.41) is 19.3. The summed E-state index contributed by atoms with van der Waals surface area (Å²) in [7, 11) is 1.25. The zero-order valence-corrected chi connectivity index (χ0v) is 12.1. The van der Waals surface area contributed by atoms with Crippen molar-refractivity contribution in [3.8, 4) is 17.5 Å². The highest BCUT2D eigenvalue weighted by molar-refractivity contribution is 5.96. The molecule has 1 aromatic carbocycles. The Morgan fingerprint density at radius 3 is 2.91 bits per heavy atom. The number of benzene rings is 1. The zero-order valence-electron chi connectivity index (χ0n) is 12.1. The highest BCUT2D eigenvalue weighted by Crippen LogP contribution is 2.27. The molecule has 0 saturated heterocycles. The summed E-state index contributed by atoms with van der Waals surface area (Å²) in [5.41, 5.74) is 7.43. The van der Waals surface area contributed by atoms with Gasteiger partial charge in [0.15, 0.2) is 5.69 Å². The van der Waals surface area contributed by atoms with Gasteiger partial charge >= 0.3 is 5.97 Å². The summed E-state index contributed by atoms with van der Waals surface area (Å²) in [6, 6.07) is 8.74. The number of nitrogen functional groups attached to an aromatic ring is 1. The molecule has 7 heteroatoms. The van der Waals surface area contributed by atoms with Gasteiger partial charge in [0.05, 0.1) is 30.1 Å². The van der Waals surface area contributed by atoms with Crippen LogP contribution in [0.25, 0.3) is 16.6 Å². The van der Waals surface area contributed by atoms with Gasteiger partial charge in [-0.1, -0.05) is 6.07 Å². The molecule has 2 aromatic heterocycles. The molecule has 0 aliphatic rings. The van der Waals surface area contributed by atoms with Crippen LogP contribution in [0.5, 0.6) is 5.75 Å². The molecule has 0 unspecified atom stereocenters. The molecule has 7 nitrogen and oxygen atoms in total. The van der Waals surface area contributed by atoms with E-state index in [1.165, 1.54) is 24.1 Å². The van der Waals surface area contributed by atoms with E-state index in [9.17, 15) is 9.90 Å². The Bertz CT molecular complexity index is 969. The second-order valence-electron chi connectivity index (χ2n) is 4.85. The van der Waals surface area contributed by atoms with E-state index in [1.807, 2.05) is 6.07 Å². The van der Waals surface area contributed by atoms with Crippen LogP contribution in [-0.2, 0) is 4.74 Å². The van der Waals surface area contributed by atoms with Gasteiger partial charge in [-0.3, -0.25) is 4.98 Å². The molecule has 0 fully saturated rings. The predicted octanol–water partition coefficient (Wildman–Crippen LogP) is 1.97. The fourth-order valence-corrected chi connectivity index (χ4v) is 2.37. The van der Waals surface area contributed by atoms with Gasteiger partial charge in [-0.05, 0) is 18.2 Å². The van der Waals surface area contributed by atoms with Crippen LogP contribution in [0.1, 0.15) is 16.1 Å². The average molecular weight is 308 g/mol. The summed E-state index contributed by atoms with van der Waals surface area (Å²) in [5.74, 6) is -0.569. The van der Waals surface area contributed by atoms with Gasteiger partial charge in [-0.2, -0.15) is 5.26 Å². The Morgan fingerprint density at radius 2 is 2.22 bits per heavy atom. The number of carbonyl (C=O) groups excluding carboxylic acids is 1. The number of nitriles is 1. The third-order valence-corrected chi connectivity index (χ3v) is 3.48. The molecule has 0 aliphatic carbocycles. The molecule has 0 radical (unpaired) electrons. The van der Waals surface area contributed by atoms with Crippen LogP contribution >= 0.6 is 0 Å². The first-order valence-electron chi connectivity index (χ1n) is 6.63. The number of fused-ring (bicyclic) bond motifs is 1. The molecular formula is C16H12N4O3. The number of nitrogens with zero attached hydrogens (tertiary/aromatic N) is 3. The number of aromatic hydroxyl groups is 1. The highest BCUT2D eigenvalue weighted by atomic mass is 16.5. The number of ether oxygens (including phenoxy) is 1. The number of methoxy groups -OCH3 is 1. The number of pyridine rings is 1. The Labute approximate surface area is 131 Å². The molecule has 0 atom stereocenters. The number of hydrogen-bond acceptors (Lipinski definition) is 6. The Morgan fingerprint density at radius 1 is 1.43 bits per heavy atom. The molecular weight excluding hydrogens is 296 g/mol. The van der Waals surface area contributed by atoms with Crippen LogP contribution in [0, 0.1) is 11.3 Å². The molecule has 3 aromatic rings. The van der Waals surface area contributed by atoms with Gasteiger partial charge in [0.2, 0.25) is 0 Å². The molecule has 23 heavy (non-hydrogen) atoms. The van der Waals surface area contributed by atoms with Crippen LogP contribution in [0.3, 0.4) is 0 Å². The maximum absolute atomic E-state index is 12.0. The summed E-state index contributed by atoms with van der Waals surface area (Å²) in [4.78, 5) is 16.1. The van der Waals surface area contributed by atoms with Crippen molar-refractivity contribution < 1.29 is 14.6 Å². The molecule has 0 saturated carbocycles. The number of esters is 1. The first kappa shape index (κ1) is 14.4. The summed E-state index contributed by atoms with van der Waals surface area (Å²) in [6.45, 7) is 0. The minimum absolute atomic E-state index is 0.0671. The molecule has 0 aliphatic heterocycles. The normalized spacial score (nSPS) is 10.4. The van der Waals surface area contributed by atoms with E-state index in [0.717, 1.165) is 5.39 Å². The minimum atomic E-state index is -0.636. The van der Waals surface area contributed by atoms with Crippen LogP contribution in [-0.4, -0.2) is 27.7 Å². The van der Waals surface area contributed by atoms with Crippen molar-refractivity contribution in [1.29, 1.82) is 5.26 Å². The maximum Gasteiger partial charge on any atom is 0.357 e. The molecule has 3 rings (SSSR count). The Kier molecular flexibility index (Phi) is 3.35. The Hall–Kier alpha value is -3.53. The van der Waals surface area contributed by atoms with Gasteiger partial charge in [0.25, 0.3) is 0 Å². The second kappa shape index (κ2) is 5.35. The first-order valence-corrected chi connectivity index (χ1v) is 6.63. The molecule has 0 spiro atoms. The van der Waals surface area contributed by atoms with Crippen molar-refractivity contribution in [3.05, 3.63) is 47.9 Å². The fraction of sp³-hybridized carbons (Fsp3) is 0.0625. The van der Waals surface area contributed by atoms with Crippen LogP contribution in [0.15, 0.2) is 36.7 Å².